The van der Waals surface area contributed by atoms with Crippen LogP contribution < -0.4 is 15.4 Å². The van der Waals surface area contributed by atoms with Gasteiger partial charge in [-0.25, -0.2) is 14.6 Å². The second-order valence-corrected chi connectivity index (χ2v) is 8.11. The van der Waals surface area contributed by atoms with E-state index in [0.717, 1.165) is 5.69 Å². The Bertz CT molecular complexity index is 1470. The average Bonchev–Trinajstić information content (AvgIpc) is 3.37. The zero-order chi connectivity index (χ0) is 26.7. The predicted octanol–water partition coefficient (Wildman–Crippen LogP) is 3.09. The van der Waals surface area contributed by atoms with E-state index in [1.54, 1.807) is 59.4 Å². The fourth-order valence-corrected chi connectivity index (χ4v) is 4.35. The summed E-state index contributed by atoms with van der Waals surface area (Å²) in [5, 5.41) is 10.2. The van der Waals surface area contributed by atoms with E-state index in [4.69, 9.17) is 19.9 Å². The van der Waals surface area contributed by atoms with Gasteiger partial charge in [-0.1, -0.05) is 30.3 Å². The van der Waals surface area contributed by atoms with Gasteiger partial charge in [0.25, 0.3) is 0 Å². The Balaban J connectivity index is 2.01. The number of ether oxygens (including phenoxy) is 3. The van der Waals surface area contributed by atoms with E-state index in [0.29, 0.717) is 22.7 Å². The van der Waals surface area contributed by atoms with E-state index in [1.165, 1.54) is 26.2 Å². The van der Waals surface area contributed by atoms with Crippen LogP contribution >= 0.6 is 0 Å². The van der Waals surface area contributed by atoms with Gasteiger partial charge >= 0.3 is 11.9 Å². The van der Waals surface area contributed by atoms with Gasteiger partial charge < -0.3 is 24.5 Å². The number of carbonyl (C=O) groups excluding carboxylic acids is 2. The van der Waals surface area contributed by atoms with Crippen molar-refractivity contribution in [1.82, 2.24) is 9.55 Å². The quantitative estimate of drug-likeness (QED) is 0.508. The Morgan fingerprint density at radius 3 is 2.32 bits per heavy atom. The molecule has 10 heteroatoms. The van der Waals surface area contributed by atoms with Crippen molar-refractivity contribution < 1.29 is 23.8 Å². The van der Waals surface area contributed by atoms with Crippen LogP contribution in [0.3, 0.4) is 0 Å². The third-order valence-electron chi connectivity index (χ3n) is 6.02. The first-order valence-electron chi connectivity index (χ1n) is 11.2. The fraction of sp³-hybridized carbons (Fsp3) is 0.185. The van der Waals surface area contributed by atoms with Gasteiger partial charge in [-0.15, -0.1) is 0 Å². The smallest absolute Gasteiger partial charge is 0.355 e. The lowest BCUT2D eigenvalue weighted by Gasteiger charge is -2.36. The largest absolute Gasteiger partial charge is 0.494 e. The number of nitrogens with two attached hydrogens (primary N) is 1. The number of methoxy groups -OCH3 is 3. The number of anilines is 1. The van der Waals surface area contributed by atoms with Crippen molar-refractivity contribution in [3.8, 4) is 17.5 Å². The molecule has 0 radical (unpaired) electrons. The molecule has 0 saturated carbocycles. The number of carbonyl (C=O) groups is 2. The molecular weight excluding hydrogens is 474 g/mol. The average molecular weight is 500 g/mol. The number of aryl methyl sites for hydroxylation is 1. The summed E-state index contributed by atoms with van der Waals surface area (Å²) in [7, 11) is 3.91. The summed E-state index contributed by atoms with van der Waals surface area (Å²) < 4.78 is 17.5. The lowest BCUT2D eigenvalue weighted by molar-refractivity contribution is -0.139. The number of nitriles is 1. The summed E-state index contributed by atoms with van der Waals surface area (Å²) in [6.45, 7) is 1.87. The molecule has 2 N–H and O–H groups in total. The van der Waals surface area contributed by atoms with E-state index >= 15 is 0 Å². The number of hydrogen-bond donors (Lipinski definition) is 1. The van der Waals surface area contributed by atoms with Gasteiger partial charge in [-0.05, 0) is 24.6 Å². The van der Waals surface area contributed by atoms with Crippen LogP contribution in [0.1, 0.15) is 17.2 Å². The number of imidazole rings is 1. The topological polar surface area (TPSA) is 133 Å². The van der Waals surface area contributed by atoms with E-state index < -0.39 is 17.9 Å². The Morgan fingerprint density at radius 1 is 1.05 bits per heavy atom. The van der Waals surface area contributed by atoms with Crippen LogP contribution in [-0.4, -0.2) is 42.8 Å². The predicted molar refractivity (Wildman–Crippen MR) is 134 cm³/mol. The van der Waals surface area contributed by atoms with Crippen LogP contribution in [0.2, 0.25) is 0 Å². The highest BCUT2D eigenvalue weighted by Gasteiger charge is 2.43. The standard InChI is InChI=1S/C27H25N5O5/c1-16-14-31(15-30-16)20-11-10-18(12-21(20)35-2)32-24(27(34)37-4)23(26(33)36-3)22(19(13-28)25(32)29)17-8-6-5-7-9-17/h5-12,14-15,22H,29H2,1-4H3. The van der Waals surface area contributed by atoms with Crippen LogP contribution in [-0.2, 0) is 19.1 Å². The second kappa shape index (κ2) is 10.3. The maximum atomic E-state index is 13.2. The highest BCUT2D eigenvalue weighted by molar-refractivity contribution is 6.06. The van der Waals surface area contributed by atoms with E-state index in [2.05, 4.69) is 11.1 Å². The Morgan fingerprint density at radius 2 is 1.76 bits per heavy atom. The summed E-state index contributed by atoms with van der Waals surface area (Å²) in [4.78, 5) is 31.9. The Labute approximate surface area is 213 Å². The van der Waals surface area contributed by atoms with Crippen LogP contribution in [0.25, 0.3) is 5.69 Å². The highest BCUT2D eigenvalue weighted by Crippen LogP contribution is 2.44. The molecule has 0 saturated heterocycles. The Hall–Kier alpha value is -5.04. The van der Waals surface area contributed by atoms with Crippen molar-refractivity contribution in [3.63, 3.8) is 0 Å². The van der Waals surface area contributed by atoms with Gasteiger partial charge in [0.2, 0.25) is 0 Å². The van der Waals surface area contributed by atoms with Crippen molar-refractivity contribution in [3.05, 3.63) is 95.0 Å². The molecule has 188 valence electrons. The molecule has 1 aliphatic rings. The molecule has 1 aromatic heterocycles. The SMILES string of the molecule is COC(=O)C1=C(C(=O)OC)N(c2ccc(-n3cnc(C)c3)c(OC)c2)C(N)=C(C#N)C1c1ccccc1. The number of nitrogens with zero attached hydrogens (tertiary/aromatic N) is 4. The zero-order valence-electron chi connectivity index (χ0n) is 20.8. The molecule has 2 aromatic carbocycles. The minimum absolute atomic E-state index is 0.0299. The number of esters is 2. The van der Waals surface area contributed by atoms with Crippen LogP contribution in [0.15, 0.2) is 83.7 Å². The lowest BCUT2D eigenvalue weighted by atomic mass is 9.81. The molecule has 0 aliphatic carbocycles. The summed E-state index contributed by atoms with van der Waals surface area (Å²) >= 11 is 0. The molecule has 3 aromatic rings. The van der Waals surface area contributed by atoms with E-state index in [-0.39, 0.29) is 22.7 Å². The van der Waals surface area contributed by atoms with Gasteiger partial charge in [0.05, 0.1) is 67.9 Å². The van der Waals surface area contributed by atoms with Gasteiger partial charge in [-0.2, -0.15) is 5.26 Å². The summed E-state index contributed by atoms with van der Waals surface area (Å²) in [6, 6.07) is 16.0. The monoisotopic (exact) mass is 499 g/mol. The molecule has 4 rings (SSSR count). The molecule has 1 atom stereocenters. The van der Waals surface area contributed by atoms with Crippen molar-refractivity contribution in [2.24, 2.45) is 5.73 Å². The third-order valence-corrected chi connectivity index (χ3v) is 6.02. The number of rotatable bonds is 6. The van der Waals surface area contributed by atoms with Gasteiger partial charge in [-0.3, -0.25) is 4.90 Å². The fourth-order valence-electron chi connectivity index (χ4n) is 4.35. The summed E-state index contributed by atoms with van der Waals surface area (Å²) in [5.41, 5.74) is 8.87. The maximum absolute atomic E-state index is 13.2. The highest BCUT2D eigenvalue weighted by atomic mass is 16.5. The molecule has 0 spiro atoms. The van der Waals surface area contributed by atoms with Crippen molar-refractivity contribution >= 4 is 17.6 Å². The first-order chi connectivity index (χ1) is 17.9. The molecule has 0 amide bonds. The normalized spacial score (nSPS) is 15.3. The number of hydrogen-bond acceptors (Lipinski definition) is 9. The molecule has 1 unspecified atom stereocenters. The van der Waals surface area contributed by atoms with Crippen LogP contribution in [0.4, 0.5) is 5.69 Å². The van der Waals surface area contributed by atoms with Crippen molar-refractivity contribution in [2.75, 3.05) is 26.2 Å². The van der Waals surface area contributed by atoms with Crippen LogP contribution in [0.5, 0.6) is 5.75 Å². The molecule has 37 heavy (non-hydrogen) atoms. The second-order valence-electron chi connectivity index (χ2n) is 8.11. The molecule has 0 fully saturated rings. The van der Waals surface area contributed by atoms with E-state index in [9.17, 15) is 14.9 Å². The van der Waals surface area contributed by atoms with Gasteiger partial charge in [0.15, 0.2) is 0 Å². The minimum Gasteiger partial charge on any atom is -0.494 e. The Kier molecular flexibility index (Phi) is 6.97. The molecule has 10 nitrogen and oxygen atoms in total. The minimum atomic E-state index is -0.945. The number of benzene rings is 2. The van der Waals surface area contributed by atoms with Crippen molar-refractivity contribution in [1.29, 1.82) is 5.26 Å². The first-order valence-corrected chi connectivity index (χ1v) is 11.2. The zero-order valence-corrected chi connectivity index (χ0v) is 20.8. The first kappa shape index (κ1) is 25.1. The third kappa shape index (κ3) is 4.38. The van der Waals surface area contributed by atoms with E-state index in [1.807, 2.05) is 13.1 Å². The molecule has 2 heterocycles. The summed E-state index contributed by atoms with van der Waals surface area (Å²) in [6.07, 6.45) is 3.48. The van der Waals surface area contributed by atoms with Crippen molar-refractivity contribution in [2.45, 2.75) is 12.8 Å². The molecule has 0 bridgehead atoms. The summed E-state index contributed by atoms with van der Waals surface area (Å²) in [5.74, 6) is -2.15. The lowest BCUT2D eigenvalue weighted by Crippen LogP contribution is -2.40. The number of aromatic nitrogens is 2. The molecular formula is C27H25N5O5. The number of allylic oxidation sites excluding steroid dienone is 1. The van der Waals surface area contributed by atoms with Gasteiger partial charge in [0.1, 0.15) is 17.3 Å². The van der Waals surface area contributed by atoms with Crippen LogP contribution in [0, 0.1) is 18.3 Å². The molecule has 1 aliphatic heterocycles. The maximum Gasteiger partial charge on any atom is 0.355 e. The van der Waals surface area contributed by atoms with Gasteiger partial charge in [0, 0.05) is 12.3 Å².